The van der Waals surface area contributed by atoms with Crippen molar-refractivity contribution in [2.45, 2.75) is 31.8 Å². The van der Waals surface area contributed by atoms with Crippen LogP contribution in [0, 0.1) is 0 Å². The molecule has 0 fully saturated rings. The van der Waals surface area contributed by atoms with Crippen LogP contribution in [0.3, 0.4) is 0 Å². The van der Waals surface area contributed by atoms with Crippen LogP contribution in [-0.2, 0) is 23.1 Å². The van der Waals surface area contributed by atoms with Crippen molar-refractivity contribution >= 4 is 25.2 Å². The van der Waals surface area contributed by atoms with Crippen LogP contribution in [-0.4, -0.2) is 37.3 Å². The lowest BCUT2D eigenvalue weighted by Crippen LogP contribution is -2.24. The first-order valence-electron chi connectivity index (χ1n) is 5.87. The van der Waals surface area contributed by atoms with E-state index in [-0.39, 0.29) is 13.2 Å². The van der Waals surface area contributed by atoms with E-state index in [2.05, 4.69) is 4.74 Å². The molecule has 20 heavy (non-hydrogen) atoms. The second-order valence-electron chi connectivity index (χ2n) is 3.67. The number of halogens is 3. The molecule has 0 amide bonds. The van der Waals surface area contributed by atoms with Gasteiger partial charge in [0.2, 0.25) is 0 Å². The van der Waals surface area contributed by atoms with E-state index in [4.69, 9.17) is 20.6 Å². The number of allylic oxidation sites excluding steroid dienone is 1. The molecule has 1 unspecified atom stereocenters. The number of alkyl halides is 3. The predicted octanol–water partition coefficient (Wildman–Crippen LogP) is 3.57. The highest BCUT2D eigenvalue weighted by Gasteiger charge is 2.45. The van der Waals surface area contributed by atoms with E-state index in [1.807, 2.05) is 0 Å². The summed E-state index contributed by atoms with van der Waals surface area (Å²) >= 11 is 4.96. The molecule has 1 atom stereocenters. The zero-order chi connectivity index (χ0) is 16.0. The van der Waals surface area contributed by atoms with E-state index in [9.17, 15) is 18.1 Å². The Morgan fingerprint density at radius 3 is 2.10 bits per heavy atom. The first-order chi connectivity index (χ1) is 9.12. The van der Waals surface area contributed by atoms with E-state index in [1.165, 1.54) is 6.92 Å². The van der Waals surface area contributed by atoms with Gasteiger partial charge >= 0.3 is 18.9 Å². The van der Waals surface area contributed by atoms with Gasteiger partial charge in [-0.1, -0.05) is 0 Å². The number of ether oxygens (including phenoxy) is 1. The van der Waals surface area contributed by atoms with Gasteiger partial charge in [-0.3, -0.25) is 4.57 Å². The molecule has 0 heterocycles. The lowest BCUT2D eigenvalue weighted by Gasteiger charge is -2.27. The van der Waals surface area contributed by atoms with Crippen molar-refractivity contribution in [3.63, 3.8) is 0 Å². The maximum atomic E-state index is 13.4. The zero-order valence-corrected chi connectivity index (χ0v) is 13.3. The van der Waals surface area contributed by atoms with E-state index in [0.717, 1.165) is 7.11 Å². The van der Waals surface area contributed by atoms with Crippen molar-refractivity contribution in [2.24, 2.45) is 0 Å². The number of rotatable bonds is 8. The van der Waals surface area contributed by atoms with Crippen molar-refractivity contribution in [3.05, 3.63) is 11.6 Å². The summed E-state index contributed by atoms with van der Waals surface area (Å²) in [5, 5.41) is -3.88. The molecule has 0 radical (unpaired) electrons. The van der Waals surface area contributed by atoms with Gasteiger partial charge in [0.05, 0.1) is 26.0 Å². The number of hydrogen-bond donors (Lipinski definition) is 0. The molecule has 0 spiro atoms. The summed E-state index contributed by atoms with van der Waals surface area (Å²) in [4.78, 5) is 11.2. The zero-order valence-electron chi connectivity index (χ0n) is 11.7. The molecule has 0 aliphatic carbocycles. The van der Waals surface area contributed by atoms with Crippen LogP contribution in [0.25, 0.3) is 0 Å². The fraction of sp³-hybridized carbons (Fsp3) is 0.727. The first kappa shape index (κ1) is 19.5. The monoisotopic (exact) mass is 334 g/mol. The molecule has 0 aromatic heterocycles. The summed E-state index contributed by atoms with van der Waals surface area (Å²) in [5.74, 6) is -1.04. The summed E-state index contributed by atoms with van der Waals surface area (Å²) < 4.78 is 53.5. The molecule has 118 valence electrons. The van der Waals surface area contributed by atoms with Crippen molar-refractivity contribution < 1.29 is 31.9 Å². The van der Waals surface area contributed by atoms with Crippen LogP contribution < -0.4 is 0 Å². The van der Waals surface area contributed by atoms with E-state index in [1.54, 1.807) is 13.8 Å². The van der Waals surface area contributed by atoms with Crippen LogP contribution in [0.15, 0.2) is 11.6 Å². The molecule has 0 aromatic rings. The fourth-order valence-corrected chi connectivity index (χ4v) is 3.53. The second kappa shape index (κ2) is 8.08. The van der Waals surface area contributed by atoms with Gasteiger partial charge in [0.15, 0.2) is 0 Å². The van der Waals surface area contributed by atoms with Gasteiger partial charge in [-0.25, -0.2) is 4.79 Å². The molecule has 0 aliphatic rings. The minimum atomic E-state index is -3.88. The Balaban J connectivity index is 5.63. The van der Waals surface area contributed by atoms with Gasteiger partial charge in [-0.05, 0) is 32.4 Å². The molecule has 0 saturated carbocycles. The third-order valence-electron chi connectivity index (χ3n) is 2.34. The molecular formula is C11H18ClF2O5P. The molecule has 0 aromatic carbocycles. The Kier molecular flexibility index (Phi) is 7.88. The highest BCUT2D eigenvalue weighted by molar-refractivity contribution is 7.54. The van der Waals surface area contributed by atoms with Gasteiger partial charge in [-0.15, -0.1) is 0 Å². The van der Waals surface area contributed by atoms with Crippen molar-refractivity contribution in [2.75, 3.05) is 20.3 Å². The van der Waals surface area contributed by atoms with Crippen LogP contribution in [0.4, 0.5) is 8.78 Å². The summed E-state index contributed by atoms with van der Waals surface area (Å²) in [7, 11) is -2.84. The number of hydrogen-bond acceptors (Lipinski definition) is 5. The Morgan fingerprint density at radius 1 is 1.35 bits per heavy atom. The Hall–Kier alpha value is -0.490. The van der Waals surface area contributed by atoms with Crippen LogP contribution in [0.5, 0.6) is 0 Å². The summed E-state index contributed by atoms with van der Waals surface area (Å²) in [6.07, 6.45) is 0.502. The molecule has 5 nitrogen and oxygen atoms in total. The topological polar surface area (TPSA) is 61.8 Å². The molecule has 0 bridgehead atoms. The first-order valence-corrected chi connectivity index (χ1v) is 7.86. The van der Waals surface area contributed by atoms with Crippen molar-refractivity contribution in [3.8, 4) is 0 Å². The van der Waals surface area contributed by atoms with Gasteiger partial charge in [0, 0.05) is 11.6 Å². The van der Waals surface area contributed by atoms with Gasteiger partial charge in [0.25, 0.3) is 0 Å². The maximum Gasteiger partial charge on any atom is 0.345 e. The average molecular weight is 335 g/mol. The Bertz CT molecular complexity index is 398. The van der Waals surface area contributed by atoms with E-state index < -0.39 is 30.2 Å². The number of carbonyl (C=O) groups is 1. The molecule has 0 aliphatic heterocycles. The van der Waals surface area contributed by atoms with Crippen molar-refractivity contribution in [1.82, 2.24) is 0 Å². The third-order valence-corrected chi connectivity index (χ3v) is 5.03. The lowest BCUT2D eigenvalue weighted by molar-refractivity contribution is -0.135. The van der Waals surface area contributed by atoms with E-state index >= 15 is 0 Å². The molecule has 9 heteroatoms. The van der Waals surface area contributed by atoms with E-state index in [0.29, 0.717) is 6.08 Å². The summed E-state index contributed by atoms with van der Waals surface area (Å²) in [6, 6.07) is 0. The Labute approximate surface area is 121 Å². The normalized spacial score (nSPS) is 15.1. The maximum absolute atomic E-state index is 13.4. The second-order valence-corrected chi connectivity index (χ2v) is 6.52. The average Bonchev–Trinajstić information content (AvgIpc) is 2.34. The van der Waals surface area contributed by atoms with Gasteiger partial charge < -0.3 is 13.8 Å². The van der Waals surface area contributed by atoms with Crippen LogP contribution in [0.1, 0.15) is 20.8 Å². The SMILES string of the molecule is CCOP(=O)(OCC)C(C)/C(=C\C(=O)OC)C(F)(F)Cl. The molecule has 0 N–H and O–H groups in total. The lowest BCUT2D eigenvalue weighted by atomic mass is 10.2. The minimum Gasteiger partial charge on any atom is -0.466 e. The number of methoxy groups -OCH3 is 1. The largest absolute Gasteiger partial charge is 0.466 e. The van der Waals surface area contributed by atoms with Crippen molar-refractivity contribution in [1.29, 1.82) is 0 Å². The van der Waals surface area contributed by atoms with Crippen LogP contribution >= 0.6 is 19.2 Å². The molecule has 0 saturated heterocycles. The quantitative estimate of drug-likeness (QED) is 0.294. The van der Waals surface area contributed by atoms with Gasteiger partial charge in [0.1, 0.15) is 0 Å². The molecular weight excluding hydrogens is 317 g/mol. The fourth-order valence-electron chi connectivity index (χ4n) is 1.42. The van der Waals surface area contributed by atoms with Gasteiger partial charge in [-0.2, -0.15) is 8.78 Å². The minimum absolute atomic E-state index is 0.000971. The highest BCUT2D eigenvalue weighted by atomic mass is 35.5. The van der Waals surface area contributed by atoms with Crippen LogP contribution in [0.2, 0.25) is 0 Å². The Morgan fingerprint density at radius 2 is 1.80 bits per heavy atom. The molecule has 0 rings (SSSR count). The summed E-state index contributed by atoms with van der Waals surface area (Å²) in [6.45, 7) is 4.28. The summed E-state index contributed by atoms with van der Waals surface area (Å²) in [5.41, 5.74) is -2.27. The third kappa shape index (κ3) is 5.48. The standard InChI is InChI=1S/C11H18ClF2O5P/c1-5-18-20(16,19-6-2)8(3)9(11(12,13)14)7-10(15)17-4/h7-8H,5-6H2,1-4H3/b9-7+. The smallest absolute Gasteiger partial charge is 0.345 e. The predicted molar refractivity (Wildman–Crippen MR) is 71.2 cm³/mol. The number of esters is 1. The number of carbonyl (C=O) groups excluding carboxylic acids is 1. The highest BCUT2D eigenvalue weighted by Crippen LogP contribution is 2.57.